The molecule has 28 heavy (non-hydrogen) atoms. The summed E-state index contributed by atoms with van der Waals surface area (Å²) in [6, 6.07) is 5.85. The first-order valence-corrected chi connectivity index (χ1v) is 10.5. The number of benzene rings is 1. The summed E-state index contributed by atoms with van der Waals surface area (Å²) in [5.74, 6) is 1.67. The highest BCUT2D eigenvalue weighted by molar-refractivity contribution is 6.48. The molecule has 1 saturated carbocycles. The SMILES string of the molecule is [O-]C(NCCC1=CNC2CCC(O)CC12)C(Cl)(Cl)Cc1ccc2c(c1)OCO2. The quantitative estimate of drug-likeness (QED) is 0.454. The van der Waals surface area contributed by atoms with Crippen molar-refractivity contribution in [2.75, 3.05) is 13.3 Å². The summed E-state index contributed by atoms with van der Waals surface area (Å²) in [5.41, 5.74) is 2.06. The maximum Gasteiger partial charge on any atom is 0.231 e. The van der Waals surface area contributed by atoms with Gasteiger partial charge in [0.15, 0.2) is 11.5 Å². The van der Waals surface area contributed by atoms with Crippen LogP contribution in [0.3, 0.4) is 0 Å². The van der Waals surface area contributed by atoms with Gasteiger partial charge in [0.25, 0.3) is 0 Å². The van der Waals surface area contributed by atoms with Gasteiger partial charge in [-0.15, -0.1) is 23.2 Å². The fraction of sp³-hybridized carbons (Fsp3) is 0.600. The van der Waals surface area contributed by atoms with Crippen molar-refractivity contribution >= 4 is 23.2 Å². The van der Waals surface area contributed by atoms with E-state index in [1.807, 2.05) is 12.3 Å². The number of rotatable bonds is 7. The van der Waals surface area contributed by atoms with Gasteiger partial charge in [0, 0.05) is 18.4 Å². The number of nitrogens with one attached hydrogen (secondary N) is 2. The van der Waals surface area contributed by atoms with Gasteiger partial charge in [-0.2, -0.15) is 0 Å². The van der Waals surface area contributed by atoms with Gasteiger partial charge < -0.3 is 30.3 Å². The smallest absolute Gasteiger partial charge is 0.231 e. The molecule has 3 N–H and O–H groups in total. The maximum atomic E-state index is 12.6. The Hall–Kier alpha value is -1.18. The highest BCUT2D eigenvalue weighted by Gasteiger charge is 2.35. The molecule has 2 heterocycles. The van der Waals surface area contributed by atoms with Crippen LogP contribution in [0.1, 0.15) is 31.2 Å². The molecule has 0 bridgehead atoms. The van der Waals surface area contributed by atoms with Gasteiger partial charge >= 0.3 is 0 Å². The molecular weight excluding hydrogens is 403 g/mol. The molecule has 1 aromatic rings. The Kier molecular flexibility index (Phi) is 5.95. The van der Waals surface area contributed by atoms with Crippen LogP contribution in [0.2, 0.25) is 0 Å². The van der Waals surface area contributed by atoms with Gasteiger partial charge in [0.1, 0.15) is 4.33 Å². The fourth-order valence-corrected chi connectivity index (χ4v) is 4.71. The van der Waals surface area contributed by atoms with Crippen molar-refractivity contribution in [3.05, 3.63) is 35.5 Å². The van der Waals surface area contributed by atoms with Gasteiger partial charge in [-0.05, 0) is 67.9 Å². The average molecular weight is 428 g/mol. The molecule has 8 heteroatoms. The van der Waals surface area contributed by atoms with Crippen LogP contribution >= 0.6 is 23.2 Å². The van der Waals surface area contributed by atoms with Crippen molar-refractivity contribution < 1.29 is 19.7 Å². The van der Waals surface area contributed by atoms with E-state index >= 15 is 0 Å². The van der Waals surface area contributed by atoms with Crippen LogP contribution in [0.25, 0.3) is 0 Å². The van der Waals surface area contributed by atoms with Crippen LogP contribution in [0.5, 0.6) is 11.5 Å². The minimum absolute atomic E-state index is 0.195. The van der Waals surface area contributed by atoms with E-state index in [2.05, 4.69) is 10.6 Å². The molecular formula is C20H25Cl2N2O4-. The highest BCUT2D eigenvalue weighted by atomic mass is 35.5. The second kappa shape index (κ2) is 8.28. The predicted octanol–water partition coefficient (Wildman–Crippen LogP) is 1.81. The summed E-state index contributed by atoms with van der Waals surface area (Å²) in [7, 11) is 0. The van der Waals surface area contributed by atoms with Crippen molar-refractivity contribution in [1.29, 1.82) is 0 Å². The molecule has 1 aliphatic carbocycles. The summed E-state index contributed by atoms with van der Waals surface area (Å²) >= 11 is 12.7. The first kappa shape index (κ1) is 20.1. The Morgan fingerprint density at radius 3 is 2.96 bits per heavy atom. The summed E-state index contributed by atoms with van der Waals surface area (Å²) < 4.78 is 9.16. The number of fused-ring (bicyclic) bond motifs is 2. The van der Waals surface area contributed by atoms with Gasteiger partial charge in [-0.3, -0.25) is 0 Å². The van der Waals surface area contributed by atoms with Crippen molar-refractivity contribution in [2.24, 2.45) is 5.92 Å². The molecule has 1 fully saturated rings. The van der Waals surface area contributed by atoms with E-state index in [1.54, 1.807) is 12.1 Å². The third kappa shape index (κ3) is 4.36. The van der Waals surface area contributed by atoms with E-state index in [0.29, 0.717) is 30.0 Å². The van der Waals surface area contributed by atoms with E-state index in [-0.39, 0.29) is 19.3 Å². The first-order valence-electron chi connectivity index (χ1n) is 9.71. The lowest BCUT2D eigenvalue weighted by Crippen LogP contribution is -2.54. The monoisotopic (exact) mass is 427 g/mol. The summed E-state index contributed by atoms with van der Waals surface area (Å²) in [4.78, 5) is 0. The van der Waals surface area contributed by atoms with E-state index in [0.717, 1.165) is 31.2 Å². The minimum atomic E-state index is -1.49. The molecule has 0 amide bonds. The Balaban J connectivity index is 1.27. The summed E-state index contributed by atoms with van der Waals surface area (Å²) in [6.45, 7) is 0.685. The van der Waals surface area contributed by atoms with E-state index in [9.17, 15) is 10.2 Å². The number of hydrogen-bond donors (Lipinski definition) is 3. The number of ether oxygens (including phenoxy) is 2. The number of aliphatic hydroxyl groups excluding tert-OH is 1. The number of alkyl halides is 2. The Bertz CT molecular complexity index is 743. The van der Waals surface area contributed by atoms with Gasteiger partial charge in [0.2, 0.25) is 6.79 Å². The molecule has 0 spiro atoms. The number of halogens is 2. The molecule has 2 aliphatic heterocycles. The van der Waals surface area contributed by atoms with E-state index in [1.165, 1.54) is 5.57 Å². The lowest BCUT2D eigenvalue weighted by molar-refractivity contribution is -0.432. The number of aliphatic hydroxyl groups is 1. The molecule has 0 radical (unpaired) electrons. The topological polar surface area (TPSA) is 85.8 Å². The maximum absolute atomic E-state index is 12.6. The molecule has 3 aliphatic rings. The van der Waals surface area contributed by atoms with Crippen molar-refractivity contribution in [2.45, 2.75) is 54.8 Å². The molecule has 0 aromatic heterocycles. The highest BCUT2D eigenvalue weighted by Crippen LogP contribution is 2.37. The van der Waals surface area contributed by atoms with Crippen LogP contribution in [-0.4, -0.2) is 41.2 Å². The zero-order chi connectivity index (χ0) is 19.7. The average Bonchev–Trinajstić information content (AvgIpc) is 3.27. The Morgan fingerprint density at radius 2 is 2.11 bits per heavy atom. The lowest BCUT2D eigenvalue weighted by atomic mass is 9.80. The third-order valence-electron chi connectivity index (χ3n) is 5.79. The van der Waals surface area contributed by atoms with Crippen LogP contribution in [-0.2, 0) is 6.42 Å². The molecule has 0 saturated heterocycles. The van der Waals surface area contributed by atoms with Crippen LogP contribution in [0.4, 0.5) is 0 Å². The summed E-state index contributed by atoms with van der Waals surface area (Å²) in [6.07, 6.45) is 4.01. The summed E-state index contributed by atoms with van der Waals surface area (Å²) in [5, 5.41) is 28.8. The molecule has 4 rings (SSSR count). The largest absolute Gasteiger partial charge is 0.839 e. The standard InChI is InChI=1S/C20H25Cl2N2O4/c21-20(22,9-12-1-4-17-18(7-12)28-11-27-17)19(26)23-6-5-13-10-24-16-3-2-14(25)8-15(13)16/h1,4,7,10,14-16,19,23-25H,2-3,5-6,8-9,11H2/q-1. The second-order valence-corrected chi connectivity index (χ2v) is 9.32. The van der Waals surface area contributed by atoms with Gasteiger partial charge in [-0.1, -0.05) is 6.07 Å². The zero-order valence-corrected chi connectivity index (χ0v) is 17.0. The van der Waals surface area contributed by atoms with E-state index in [4.69, 9.17) is 32.7 Å². The minimum Gasteiger partial charge on any atom is -0.839 e. The van der Waals surface area contributed by atoms with Crippen LogP contribution in [0.15, 0.2) is 30.0 Å². The van der Waals surface area contributed by atoms with Gasteiger partial charge in [-0.25, -0.2) is 0 Å². The van der Waals surface area contributed by atoms with E-state index < -0.39 is 10.6 Å². The van der Waals surface area contributed by atoms with Crippen LogP contribution in [0, 0.1) is 5.92 Å². The molecule has 4 atom stereocenters. The Labute approximate surface area is 174 Å². The fourth-order valence-electron chi connectivity index (χ4n) is 4.25. The lowest BCUT2D eigenvalue weighted by Gasteiger charge is -2.36. The molecule has 1 aromatic carbocycles. The van der Waals surface area contributed by atoms with Crippen molar-refractivity contribution in [3.8, 4) is 11.5 Å². The van der Waals surface area contributed by atoms with Crippen LogP contribution < -0.4 is 25.2 Å². The molecule has 154 valence electrons. The predicted molar refractivity (Wildman–Crippen MR) is 105 cm³/mol. The van der Waals surface area contributed by atoms with Crippen molar-refractivity contribution in [1.82, 2.24) is 10.6 Å². The first-order chi connectivity index (χ1) is 13.4. The molecule has 6 nitrogen and oxygen atoms in total. The van der Waals surface area contributed by atoms with Crippen molar-refractivity contribution in [3.63, 3.8) is 0 Å². The zero-order valence-electron chi connectivity index (χ0n) is 15.5. The molecule has 4 unspecified atom stereocenters. The normalized spacial score (nSPS) is 27.1. The Morgan fingerprint density at radius 1 is 1.29 bits per heavy atom. The third-order valence-corrected chi connectivity index (χ3v) is 6.45. The second-order valence-electron chi connectivity index (χ2n) is 7.78. The van der Waals surface area contributed by atoms with Gasteiger partial charge in [0.05, 0.1) is 6.10 Å². The number of hydrogen-bond acceptors (Lipinski definition) is 6.